The number of hydrazine groups is 1. The molecule has 0 aliphatic heterocycles. The Hall–Kier alpha value is -1.96. The Morgan fingerprint density at radius 2 is 2.11 bits per heavy atom. The minimum atomic E-state index is -0.587. The summed E-state index contributed by atoms with van der Waals surface area (Å²) >= 11 is 0. The van der Waals surface area contributed by atoms with Crippen LogP contribution in [0.4, 0.5) is 11.5 Å². The SMILES string of the molecule is CC1CCC(Oc2ncnc(NN)c2[N+](=O)[O-])CC1. The van der Waals surface area contributed by atoms with Gasteiger partial charge in [0.05, 0.1) is 4.92 Å². The number of hydrogen-bond acceptors (Lipinski definition) is 7. The van der Waals surface area contributed by atoms with Gasteiger partial charge in [-0.05, 0) is 31.6 Å². The molecule has 0 bridgehead atoms. The second kappa shape index (κ2) is 5.79. The second-order valence-corrected chi connectivity index (χ2v) is 4.78. The molecule has 1 heterocycles. The van der Waals surface area contributed by atoms with Crippen LogP contribution < -0.4 is 16.0 Å². The van der Waals surface area contributed by atoms with Crippen LogP contribution in [-0.2, 0) is 0 Å². The number of nitrogens with one attached hydrogen (secondary N) is 1. The zero-order valence-electron chi connectivity index (χ0n) is 10.7. The van der Waals surface area contributed by atoms with Gasteiger partial charge in [-0.2, -0.15) is 4.98 Å². The first-order valence-electron chi connectivity index (χ1n) is 6.24. The molecule has 0 spiro atoms. The van der Waals surface area contributed by atoms with Crippen molar-refractivity contribution < 1.29 is 9.66 Å². The molecular weight excluding hydrogens is 250 g/mol. The average Bonchev–Trinajstić information content (AvgIpc) is 2.40. The highest BCUT2D eigenvalue weighted by Crippen LogP contribution is 2.33. The van der Waals surface area contributed by atoms with Gasteiger partial charge in [0.25, 0.3) is 5.88 Å². The van der Waals surface area contributed by atoms with Gasteiger partial charge in [0, 0.05) is 0 Å². The fraction of sp³-hybridized carbons (Fsp3) is 0.636. The number of hydrogen-bond donors (Lipinski definition) is 2. The average molecular weight is 267 g/mol. The van der Waals surface area contributed by atoms with Crippen LogP contribution in [0.15, 0.2) is 6.33 Å². The van der Waals surface area contributed by atoms with E-state index in [0.717, 1.165) is 25.7 Å². The van der Waals surface area contributed by atoms with Gasteiger partial charge >= 0.3 is 5.69 Å². The van der Waals surface area contributed by atoms with E-state index in [4.69, 9.17) is 10.6 Å². The van der Waals surface area contributed by atoms with Crippen LogP contribution in [0.2, 0.25) is 0 Å². The van der Waals surface area contributed by atoms with Crippen LogP contribution in [0.25, 0.3) is 0 Å². The molecule has 0 radical (unpaired) electrons. The topological polar surface area (TPSA) is 116 Å². The van der Waals surface area contributed by atoms with Crippen LogP contribution >= 0.6 is 0 Å². The van der Waals surface area contributed by atoms with E-state index in [2.05, 4.69) is 22.3 Å². The lowest BCUT2D eigenvalue weighted by molar-refractivity contribution is -0.385. The molecule has 1 aliphatic rings. The summed E-state index contributed by atoms with van der Waals surface area (Å²) in [6, 6.07) is 0. The zero-order valence-corrected chi connectivity index (χ0v) is 10.7. The normalized spacial score (nSPS) is 22.8. The van der Waals surface area contributed by atoms with E-state index in [1.807, 2.05) is 0 Å². The highest BCUT2D eigenvalue weighted by Gasteiger charge is 2.27. The molecule has 1 fully saturated rings. The largest absolute Gasteiger partial charge is 0.469 e. The first kappa shape index (κ1) is 13.5. The van der Waals surface area contributed by atoms with Crippen LogP contribution in [0.3, 0.4) is 0 Å². The fourth-order valence-corrected chi connectivity index (χ4v) is 2.22. The lowest BCUT2D eigenvalue weighted by Crippen LogP contribution is -2.24. The van der Waals surface area contributed by atoms with Gasteiger partial charge in [0.15, 0.2) is 0 Å². The zero-order chi connectivity index (χ0) is 13.8. The van der Waals surface area contributed by atoms with Crippen molar-refractivity contribution in [2.75, 3.05) is 5.43 Å². The second-order valence-electron chi connectivity index (χ2n) is 4.78. The van der Waals surface area contributed by atoms with Gasteiger partial charge in [0.1, 0.15) is 12.4 Å². The van der Waals surface area contributed by atoms with Crippen LogP contribution in [0.1, 0.15) is 32.6 Å². The number of anilines is 1. The van der Waals surface area contributed by atoms with E-state index in [0.29, 0.717) is 5.92 Å². The molecule has 8 heteroatoms. The summed E-state index contributed by atoms with van der Waals surface area (Å²) < 4.78 is 5.65. The molecule has 0 unspecified atom stereocenters. The minimum Gasteiger partial charge on any atom is -0.469 e. The van der Waals surface area contributed by atoms with Crippen molar-refractivity contribution in [2.45, 2.75) is 38.7 Å². The number of nitro groups is 1. The molecule has 8 nitrogen and oxygen atoms in total. The van der Waals surface area contributed by atoms with Gasteiger partial charge in [-0.3, -0.25) is 10.1 Å². The summed E-state index contributed by atoms with van der Waals surface area (Å²) in [5.41, 5.74) is 1.87. The third kappa shape index (κ3) is 3.08. The molecule has 1 saturated carbocycles. The van der Waals surface area contributed by atoms with Gasteiger partial charge < -0.3 is 10.2 Å². The lowest BCUT2D eigenvalue weighted by Gasteiger charge is -2.26. The van der Waals surface area contributed by atoms with Crippen molar-refractivity contribution in [2.24, 2.45) is 11.8 Å². The first-order valence-corrected chi connectivity index (χ1v) is 6.24. The monoisotopic (exact) mass is 267 g/mol. The molecule has 0 saturated heterocycles. The molecule has 19 heavy (non-hydrogen) atoms. The number of rotatable bonds is 4. The Morgan fingerprint density at radius 3 is 2.68 bits per heavy atom. The minimum absolute atomic E-state index is 0.0208. The maximum Gasteiger partial charge on any atom is 0.374 e. The van der Waals surface area contributed by atoms with Crippen LogP contribution in [0, 0.1) is 16.0 Å². The van der Waals surface area contributed by atoms with Crippen molar-refractivity contribution in [3.05, 3.63) is 16.4 Å². The van der Waals surface area contributed by atoms with Crippen molar-refractivity contribution in [1.29, 1.82) is 0 Å². The predicted octanol–water partition coefficient (Wildman–Crippen LogP) is 1.63. The molecule has 0 aromatic carbocycles. The summed E-state index contributed by atoms with van der Waals surface area (Å²) in [5, 5.41) is 11.0. The number of nitrogen functional groups attached to an aromatic ring is 1. The van der Waals surface area contributed by atoms with E-state index in [9.17, 15) is 10.1 Å². The van der Waals surface area contributed by atoms with E-state index < -0.39 is 4.92 Å². The van der Waals surface area contributed by atoms with Gasteiger partial charge in [-0.1, -0.05) is 6.92 Å². The van der Waals surface area contributed by atoms with Crippen LogP contribution in [-0.4, -0.2) is 21.0 Å². The third-order valence-electron chi connectivity index (χ3n) is 3.35. The summed E-state index contributed by atoms with van der Waals surface area (Å²) in [7, 11) is 0. The lowest BCUT2D eigenvalue weighted by atomic mass is 9.89. The van der Waals surface area contributed by atoms with Gasteiger partial charge in [0.2, 0.25) is 5.82 Å². The van der Waals surface area contributed by atoms with E-state index >= 15 is 0 Å². The van der Waals surface area contributed by atoms with Crippen molar-refractivity contribution in [3.8, 4) is 5.88 Å². The molecule has 0 amide bonds. The van der Waals surface area contributed by atoms with E-state index in [1.165, 1.54) is 6.33 Å². The Kier molecular flexibility index (Phi) is 4.10. The molecule has 1 aromatic rings. The number of nitrogens with zero attached hydrogens (tertiary/aromatic N) is 3. The highest BCUT2D eigenvalue weighted by atomic mass is 16.6. The fourth-order valence-electron chi connectivity index (χ4n) is 2.22. The smallest absolute Gasteiger partial charge is 0.374 e. The summed E-state index contributed by atoms with van der Waals surface area (Å²) in [6.07, 6.45) is 5.05. The highest BCUT2D eigenvalue weighted by molar-refractivity contribution is 5.60. The Bertz CT molecular complexity index is 460. The third-order valence-corrected chi connectivity index (χ3v) is 3.35. The summed E-state index contributed by atoms with van der Waals surface area (Å²) in [6.45, 7) is 2.19. The molecule has 1 aliphatic carbocycles. The Balaban J connectivity index is 2.17. The molecule has 3 N–H and O–H groups in total. The molecule has 2 rings (SSSR count). The number of nitrogens with two attached hydrogens (primary N) is 1. The first-order chi connectivity index (χ1) is 9.11. The Labute approximate surface area is 110 Å². The number of aromatic nitrogens is 2. The van der Waals surface area contributed by atoms with Crippen molar-refractivity contribution >= 4 is 11.5 Å². The van der Waals surface area contributed by atoms with Crippen molar-refractivity contribution in [3.63, 3.8) is 0 Å². The molecular formula is C11H17N5O3. The summed E-state index contributed by atoms with van der Waals surface area (Å²) in [5.74, 6) is 5.83. The standard InChI is InChI=1S/C11H17N5O3/c1-7-2-4-8(5-3-7)19-11-9(16(17)18)10(15-12)13-6-14-11/h6-8H,2-5,12H2,1H3,(H,13,14,15). The maximum atomic E-state index is 11.0. The van der Waals surface area contributed by atoms with E-state index in [1.54, 1.807) is 0 Å². The maximum absolute atomic E-state index is 11.0. The van der Waals surface area contributed by atoms with Crippen molar-refractivity contribution in [1.82, 2.24) is 9.97 Å². The van der Waals surface area contributed by atoms with Crippen LogP contribution in [0.5, 0.6) is 5.88 Å². The number of ether oxygens (including phenoxy) is 1. The summed E-state index contributed by atoms with van der Waals surface area (Å²) in [4.78, 5) is 18.0. The van der Waals surface area contributed by atoms with Gasteiger partial charge in [-0.15, -0.1) is 0 Å². The Morgan fingerprint density at radius 1 is 1.42 bits per heavy atom. The predicted molar refractivity (Wildman–Crippen MR) is 68.5 cm³/mol. The molecule has 0 atom stereocenters. The molecule has 1 aromatic heterocycles. The molecule has 104 valence electrons. The quantitative estimate of drug-likeness (QED) is 0.483. The van der Waals surface area contributed by atoms with E-state index in [-0.39, 0.29) is 23.5 Å². The van der Waals surface area contributed by atoms with Gasteiger partial charge in [-0.25, -0.2) is 10.8 Å².